The molecule has 0 spiro atoms. The number of piperidine rings is 1. The van der Waals surface area contributed by atoms with Gasteiger partial charge in [-0.1, -0.05) is 62.4 Å². The van der Waals surface area contributed by atoms with E-state index in [9.17, 15) is 10.0 Å². The SMILES string of the molecule is CC(C)c1ccc(CN2CCC(c3ccc(B(O)O)cc3)CC2)cc1. The second-order valence-corrected chi connectivity index (χ2v) is 7.49. The number of likely N-dealkylation sites (tertiary alicyclic amines) is 1. The summed E-state index contributed by atoms with van der Waals surface area (Å²) in [6.45, 7) is 7.71. The van der Waals surface area contributed by atoms with E-state index in [2.05, 4.69) is 43.0 Å². The maximum atomic E-state index is 9.20. The number of rotatable bonds is 5. The number of benzene rings is 2. The summed E-state index contributed by atoms with van der Waals surface area (Å²) in [5, 5.41) is 18.4. The molecule has 0 atom stereocenters. The van der Waals surface area contributed by atoms with Gasteiger partial charge in [-0.05, 0) is 59.9 Å². The zero-order chi connectivity index (χ0) is 17.8. The molecule has 2 aromatic carbocycles. The maximum Gasteiger partial charge on any atom is 0.488 e. The lowest BCUT2D eigenvalue weighted by molar-refractivity contribution is 0.204. The van der Waals surface area contributed by atoms with E-state index in [0.717, 1.165) is 32.5 Å². The van der Waals surface area contributed by atoms with Gasteiger partial charge in [-0.3, -0.25) is 4.90 Å². The highest BCUT2D eigenvalue weighted by molar-refractivity contribution is 6.58. The lowest BCUT2D eigenvalue weighted by Crippen LogP contribution is -2.33. The van der Waals surface area contributed by atoms with Gasteiger partial charge in [0.15, 0.2) is 0 Å². The van der Waals surface area contributed by atoms with Gasteiger partial charge < -0.3 is 10.0 Å². The van der Waals surface area contributed by atoms with Crippen LogP contribution in [0.1, 0.15) is 55.2 Å². The zero-order valence-electron chi connectivity index (χ0n) is 15.2. The molecule has 1 aliphatic rings. The Balaban J connectivity index is 1.53. The van der Waals surface area contributed by atoms with Crippen molar-refractivity contribution in [2.45, 2.75) is 45.1 Å². The molecule has 0 unspecified atom stereocenters. The third kappa shape index (κ3) is 4.72. The van der Waals surface area contributed by atoms with Crippen LogP contribution in [0.25, 0.3) is 0 Å². The van der Waals surface area contributed by atoms with E-state index in [-0.39, 0.29) is 0 Å². The monoisotopic (exact) mass is 337 g/mol. The van der Waals surface area contributed by atoms with Crippen molar-refractivity contribution in [2.24, 2.45) is 0 Å². The Kier molecular flexibility index (Phi) is 5.95. The van der Waals surface area contributed by atoms with Crippen LogP contribution in [0.5, 0.6) is 0 Å². The van der Waals surface area contributed by atoms with Gasteiger partial charge in [0.1, 0.15) is 0 Å². The third-order valence-electron chi connectivity index (χ3n) is 5.35. The highest BCUT2D eigenvalue weighted by Gasteiger charge is 2.21. The fourth-order valence-electron chi connectivity index (χ4n) is 3.63. The number of hydrogen-bond acceptors (Lipinski definition) is 3. The van der Waals surface area contributed by atoms with E-state index in [1.165, 1.54) is 16.7 Å². The van der Waals surface area contributed by atoms with Crippen molar-refractivity contribution in [3.05, 3.63) is 65.2 Å². The van der Waals surface area contributed by atoms with Crippen LogP contribution < -0.4 is 5.46 Å². The molecule has 25 heavy (non-hydrogen) atoms. The molecule has 1 saturated heterocycles. The molecule has 0 aliphatic carbocycles. The normalized spacial score (nSPS) is 16.4. The first-order valence-corrected chi connectivity index (χ1v) is 9.30. The standard InChI is InChI=1S/C21H28BNO2/c1-16(2)18-5-3-17(4-6-18)15-23-13-11-20(12-14-23)19-7-9-21(10-8-19)22(24)25/h3-10,16,20,24-25H,11-15H2,1-2H3. The molecule has 0 aromatic heterocycles. The van der Waals surface area contributed by atoms with E-state index in [4.69, 9.17) is 0 Å². The molecule has 2 aromatic rings. The van der Waals surface area contributed by atoms with E-state index < -0.39 is 7.12 Å². The highest BCUT2D eigenvalue weighted by Crippen LogP contribution is 2.28. The lowest BCUT2D eigenvalue weighted by Gasteiger charge is -2.32. The molecule has 3 nitrogen and oxygen atoms in total. The van der Waals surface area contributed by atoms with Crippen molar-refractivity contribution in [1.82, 2.24) is 4.90 Å². The fourth-order valence-corrected chi connectivity index (χ4v) is 3.63. The van der Waals surface area contributed by atoms with Crippen molar-refractivity contribution in [3.8, 4) is 0 Å². The molecular formula is C21H28BNO2. The van der Waals surface area contributed by atoms with Crippen molar-refractivity contribution in [2.75, 3.05) is 13.1 Å². The molecule has 4 heteroatoms. The molecule has 132 valence electrons. The Morgan fingerprint density at radius 2 is 1.56 bits per heavy atom. The Labute approximate surface area is 151 Å². The second-order valence-electron chi connectivity index (χ2n) is 7.49. The van der Waals surface area contributed by atoms with Crippen LogP contribution >= 0.6 is 0 Å². The summed E-state index contributed by atoms with van der Waals surface area (Å²) in [7, 11) is -1.38. The Morgan fingerprint density at radius 1 is 0.960 bits per heavy atom. The predicted molar refractivity (Wildman–Crippen MR) is 104 cm³/mol. The average molecular weight is 337 g/mol. The summed E-state index contributed by atoms with van der Waals surface area (Å²) in [5.41, 5.74) is 4.67. The van der Waals surface area contributed by atoms with Gasteiger partial charge in [-0.25, -0.2) is 0 Å². The molecule has 2 N–H and O–H groups in total. The van der Waals surface area contributed by atoms with Crippen molar-refractivity contribution >= 4 is 12.6 Å². The van der Waals surface area contributed by atoms with Crippen LogP contribution in [0, 0.1) is 0 Å². The van der Waals surface area contributed by atoms with Crippen molar-refractivity contribution < 1.29 is 10.0 Å². The molecule has 0 saturated carbocycles. The van der Waals surface area contributed by atoms with Gasteiger partial charge >= 0.3 is 7.12 Å². The van der Waals surface area contributed by atoms with Crippen LogP contribution in [0.2, 0.25) is 0 Å². The zero-order valence-corrected chi connectivity index (χ0v) is 15.2. The lowest BCUT2D eigenvalue weighted by atomic mass is 9.78. The minimum absolute atomic E-state index is 0.561. The first-order chi connectivity index (χ1) is 12.0. The first-order valence-electron chi connectivity index (χ1n) is 9.30. The van der Waals surface area contributed by atoms with Crippen molar-refractivity contribution in [1.29, 1.82) is 0 Å². The average Bonchev–Trinajstić information content (AvgIpc) is 2.63. The summed E-state index contributed by atoms with van der Waals surface area (Å²) < 4.78 is 0. The highest BCUT2D eigenvalue weighted by atomic mass is 16.4. The van der Waals surface area contributed by atoms with Crippen LogP contribution in [-0.4, -0.2) is 35.2 Å². The molecule has 0 amide bonds. The summed E-state index contributed by atoms with van der Waals surface area (Å²) in [5.74, 6) is 1.16. The Bertz CT molecular complexity index is 659. The topological polar surface area (TPSA) is 43.7 Å². The largest absolute Gasteiger partial charge is 0.488 e. The predicted octanol–water partition coefficient (Wildman–Crippen LogP) is 2.87. The van der Waals surface area contributed by atoms with Gasteiger partial charge in [-0.2, -0.15) is 0 Å². The summed E-state index contributed by atoms with van der Waals surface area (Å²) in [6, 6.07) is 16.8. The Hall–Kier alpha value is -1.62. The minimum atomic E-state index is -1.38. The van der Waals surface area contributed by atoms with Gasteiger partial charge in [0.05, 0.1) is 0 Å². The summed E-state index contributed by atoms with van der Waals surface area (Å²) >= 11 is 0. The molecule has 0 radical (unpaired) electrons. The maximum absolute atomic E-state index is 9.20. The number of nitrogens with zero attached hydrogens (tertiary/aromatic N) is 1. The van der Waals surface area contributed by atoms with Gasteiger partial charge in [0.25, 0.3) is 0 Å². The smallest absolute Gasteiger partial charge is 0.423 e. The third-order valence-corrected chi connectivity index (χ3v) is 5.35. The van der Waals surface area contributed by atoms with E-state index in [1.807, 2.05) is 24.3 Å². The van der Waals surface area contributed by atoms with Crippen LogP contribution in [-0.2, 0) is 6.54 Å². The number of hydrogen-bond donors (Lipinski definition) is 2. The summed E-state index contributed by atoms with van der Waals surface area (Å²) in [4.78, 5) is 2.53. The van der Waals surface area contributed by atoms with Crippen LogP contribution in [0.3, 0.4) is 0 Å². The Morgan fingerprint density at radius 3 is 2.08 bits per heavy atom. The molecule has 3 rings (SSSR count). The van der Waals surface area contributed by atoms with E-state index in [1.54, 1.807) is 0 Å². The van der Waals surface area contributed by atoms with Crippen molar-refractivity contribution in [3.63, 3.8) is 0 Å². The summed E-state index contributed by atoms with van der Waals surface area (Å²) in [6.07, 6.45) is 2.32. The quantitative estimate of drug-likeness (QED) is 0.825. The molecular weight excluding hydrogens is 309 g/mol. The fraction of sp³-hybridized carbons (Fsp3) is 0.429. The molecule has 1 aliphatic heterocycles. The van der Waals surface area contributed by atoms with Gasteiger partial charge in [0, 0.05) is 6.54 Å². The van der Waals surface area contributed by atoms with Gasteiger partial charge in [0.2, 0.25) is 0 Å². The van der Waals surface area contributed by atoms with Crippen LogP contribution in [0.15, 0.2) is 48.5 Å². The van der Waals surface area contributed by atoms with E-state index >= 15 is 0 Å². The molecule has 1 heterocycles. The van der Waals surface area contributed by atoms with Gasteiger partial charge in [-0.15, -0.1) is 0 Å². The van der Waals surface area contributed by atoms with E-state index in [0.29, 0.717) is 17.3 Å². The molecule has 0 bridgehead atoms. The first kappa shape index (κ1) is 18.2. The van der Waals surface area contributed by atoms with Crippen LogP contribution in [0.4, 0.5) is 0 Å². The molecule has 1 fully saturated rings. The minimum Gasteiger partial charge on any atom is -0.423 e. The second kappa shape index (κ2) is 8.18.